The van der Waals surface area contributed by atoms with Crippen LogP contribution in [0.25, 0.3) is 0 Å². The van der Waals surface area contributed by atoms with Crippen molar-refractivity contribution in [3.05, 3.63) is 59.4 Å². The fourth-order valence-corrected chi connectivity index (χ4v) is 5.26. The van der Waals surface area contributed by atoms with Crippen LogP contribution < -0.4 is 5.32 Å². The fraction of sp³-hybridized carbons (Fsp3) is 0.409. The molecule has 1 amide bonds. The van der Waals surface area contributed by atoms with E-state index in [0.29, 0.717) is 30.9 Å². The minimum atomic E-state index is -3.55. The van der Waals surface area contributed by atoms with Gasteiger partial charge in [0.25, 0.3) is 0 Å². The van der Waals surface area contributed by atoms with E-state index in [2.05, 4.69) is 5.32 Å². The average molecular weight is 434 g/mol. The van der Waals surface area contributed by atoms with Gasteiger partial charge >= 0.3 is 0 Å². The van der Waals surface area contributed by atoms with Gasteiger partial charge in [0.1, 0.15) is 5.82 Å². The van der Waals surface area contributed by atoms with E-state index in [-0.39, 0.29) is 23.2 Å². The summed E-state index contributed by atoms with van der Waals surface area (Å²) in [6.45, 7) is 3.27. The molecular weight excluding hydrogens is 405 g/mol. The van der Waals surface area contributed by atoms with Crippen molar-refractivity contribution in [2.75, 3.05) is 32.0 Å². The molecule has 0 unspecified atom stereocenters. The highest BCUT2D eigenvalue weighted by molar-refractivity contribution is 7.89. The van der Waals surface area contributed by atoms with Gasteiger partial charge in [0.15, 0.2) is 0 Å². The van der Waals surface area contributed by atoms with Crippen molar-refractivity contribution >= 4 is 21.6 Å². The molecule has 1 saturated heterocycles. The normalized spacial score (nSPS) is 15.0. The molecule has 0 spiro atoms. The number of rotatable bonds is 7. The van der Waals surface area contributed by atoms with Crippen LogP contribution in [-0.4, -0.2) is 50.2 Å². The molecule has 0 atom stereocenters. The van der Waals surface area contributed by atoms with E-state index < -0.39 is 10.0 Å². The fourth-order valence-electron chi connectivity index (χ4n) is 3.50. The summed E-state index contributed by atoms with van der Waals surface area (Å²) >= 11 is 0. The van der Waals surface area contributed by atoms with Crippen LogP contribution in [0.3, 0.4) is 0 Å². The third-order valence-corrected chi connectivity index (χ3v) is 7.36. The molecule has 2 aromatic carbocycles. The van der Waals surface area contributed by atoms with E-state index in [9.17, 15) is 17.6 Å². The molecule has 1 aliphatic heterocycles. The van der Waals surface area contributed by atoms with Gasteiger partial charge in [-0.05, 0) is 55.2 Å². The molecule has 30 heavy (non-hydrogen) atoms. The first-order valence-electron chi connectivity index (χ1n) is 10.1. The number of nitrogens with one attached hydrogen (secondary N) is 1. The number of carbonyl (C=O) groups is 1. The number of amides is 1. The smallest absolute Gasteiger partial charge is 0.243 e. The minimum absolute atomic E-state index is 0.0317. The van der Waals surface area contributed by atoms with Crippen LogP contribution in [0, 0.1) is 12.7 Å². The molecule has 8 heteroatoms. The number of likely N-dealkylation sites (N-methyl/N-ethyl adjacent to an activating group) is 1. The molecular formula is C22H28FN3O3S. The SMILES string of the molecule is Cc1ccc(NCC(=O)N(C)Cc2ccc(F)cc2)cc1S(=O)(=O)N1CCCCC1. The highest BCUT2D eigenvalue weighted by Crippen LogP contribution is 2.26. The summed E-state index contributed by atoms with van der Waals surface area (Å²) in [6, 6.07) is 11.1. The number of sulfonamides is 1. The number of halogens is 1. The minimum Gasteiger partial charge on any atom is -0.376 e. The molecule has 162 valence electrons. The number of benzene rings is 2. The lowest BCUT2D eigenvalue weighted by Gasteiger charge is -2.26. The van der Waals surface area contributed by atoms with Crippen LogP contribution >= 0.6 is 0 Å². The average Bonchev–Trinajstić information content (AvgIpc) is 2.75. The number of anilines is 1. The van der Waals surface area contributed by atoms with Gasteiger partial charge in [-0.3, -0.25) is 4.79 Å². The Kier molecular flexibility index (Phi) is 7.10. The second-order valence-corrected chi connectivity index (χ2v) is 9.58. The lowest BCUT2D eigenvalue weighted by atomic mass is 10.2. The van der Waals surface area contributed by atoms with Crippen LogP contribution in [-0.2, 0) is 21.4 Å². The lowest BCUT2D eigenvalue weighted by molar-refractivity contribution is -0.128. The first kappa shape index (κ1) is 22.2. The van der Waals surface area contributed by atoms with Crippen LogP contribution in [0.1, 0.15) is 30.4 Å². The highest BCUT2D eigenvalue weighted by atomic mass is 32.2. The molecule has 2 aromatic rings. The first-order valence-corrected chi connectivity index (χ1v) is 11.5. The standard InChI is InChI=1S/C22H28FN3O3S/c1-17-6-11-20(14-21(17)30(28,29)26-12-4-3-5-13-26)24-15-22(27)25(2)16-18-7-9-19(23)10-8-18/h6-11,14,24H,3-5,12-13,15-16H2,1-2H3. The van der Waals surface area contributed by atoms with Gasteiger partial charge in [-0.15, -0.1) is 0 Å². The zero-order chi connectivity index (χ0) is 21.7. The number of nitrogens with zero attached hydrogens (tertiary/aromatic N) is 2. The second-order valence-electron chi connectivity index (χ2n) is 7.67. The van der Waals surface area contributed by atoms with Crippen molar-refractivity contribution in [3.8, 4) is 0 Å². The van der Waals surface area contributed by atoms with E-state index in [1.165, 1.54) is 12.1 Å². The maximum Gasteiger partial charge on any atom is 0.243 e. The molecule has 6 nitrogen and oxygen atoms in total. The molecule has 0 aliphatic carbocycles. The summed E-state index contributed by atoms with van der Waals surface area (Å²) in [5.74, 6) is -0.468. The molecule has 0 bridgehead atoms. The maximum absolute atomic E-state index is 13.0. The predicted octanol–water partition coefficient (Wildman–Crippen LogP) is 3.38. The molecule has 1 N–H and O–H groups in total. The molecule has 1 fully saturated rings. The zero-order valence-corrected chi connectivity index (χ0v) is 18.2. The van der Waals surface area contributed by atoms with Gasteiger partial charge in [0.2, 0.25) is 15.9 Å². The van der Waals surface area contributed by atoms with E-state index in [1.807, 2.05) is 0 Å². The summed E-state index contributed by atoms with van der Waals surface area (Å²) in [7, 11) is -1.87. The summed E-state index contributed by atoms with van der Waals surface area (Å²) in [5, 5.41) is 3.03. The zero-order valence-electron chi connectivity index (χ0n) is 17.4. The first-order chi connectivity index (χ1) is 14.3. The third-order valence-electron chi connectivity index (χ3n) is 5.32. The maximum atomic E-state index is 13.0. The molecule has 1 heterocycles. The third kappa shape index (κ3) is 5.37. The Hall–Kier alpha value is -2.45. The van der Waals surface area contributed by atoms with Crippen molar-refractivity contribution in [2.45, 2.75) is 37.6 Å². The van der Waals surface area contributed by atoms with Crippen molar-refractivity contribution in [1.82, 2.24) is 9.21 Å². The van der Waals surface area contributed by atoms with E-state index in [4.69, 9.17) is 0 Å². The van der Waals surface area contributed by atoms with E-state index >= 15 is 0 Å². The predicted molar refractivity (Wildman–Crippen MR) is 115 cm³/mol. The molecule has 0 aromatic heterocycles. The van der Waals surface area contributed by atoms with E-state index in [0.717, 1.165) is 24.8 Å². The topological polar surface area (TPSA) is 69.7 Å². The van der Waals surface area contributed by atoms with Crippen LogP contribution in [0.5, 0.6) is 0 Å². The van der Waals surface area contributed by atoms with Gasteiger partial charge < -0.3 is 10.2 Å². The van der Waals surface area contributed by atoms with Gasteiger partial charge in [-0.2, -0.15) is 4.31 Å². The highest BCUT2D eigenvalue weighted by Gasteiger charge is 2.27. The van der Waals surface area contributed by atoms with Gasteiger partial charge in [-0.25, -0.2) is 12.8 Å². The molecule has 0 radical (unpaired) electrons. The Bertz CT molecular complexity index is 987. The quantitative estimate of drug-likeness (QED) is 0.727. The lowest BCUT2D eigenvalue weighted by Crippen LogP contribution is -2.36. The Morgan fingerprint density at radius 2 is 1.77 bits per heavy atom. The molecule has 3 rings (SSSR count). The molecule has 0 saturated carbocycles. The number of aryl methyl sites for hydroxylation is 1. The van der Waals surface area contributed by atoms with Crippen molar-refractivity contribution < 1.29 is 17.6 Å². The van der Waals surface area contributed by atoms with Crippen LogP contribution in [0.15, 0.2) is 47.4 Å². The summed E-state index contributed by atoms with van der Waals surface area (Å²) in [6.07, 6.45) is 2.82. The van der Waals surface area contributed by atoms with Crippen LogP contribution in [0.4, 0.5) is 10.1 Å². The summed E-state index contributed by atoms with van der Waals surface area (Å²) in [4.78, 5) is 14.3. The second kappa shape index (κ2) is 9.57. The number of hydrogen-bond acceptors (Lipinski definition) is 4. The number of piperidine rings is 1. The Morgan fingerprint density at radius 1 is 1.10 bits per heavy atom. The Morgan fingerprint density at radius 3 is 2.43 bits per heavy atom. The summed E-state index contributed by atoms with van der Waals surface area (Å²) in [5.41, 5.74) is 2.10. The van der Waals surface area contributed by atoms with Gasteiger partial charge in [0, 0.05) is 32.4 Å². The Balaban J connectivity index is 1.64. The monoisotopic (exact) mass is 433 g/mol. The number of carbonyl (C=O) groups excluding carboxylic acids is 1. The van der Waals surface area contributed by atoms with Gasteiger partial charge in [-0.1, -0.05) is 24.6 Å². The van der Waals surface area contributed by atoms with Crippen molar-refractivity contribution in [1.29, 1.82) is 0 Å². The summed E-state index contributed by atoms with van der Waals surface area (Å²) < 4.78 is 40.6. The van der Waals surface area contributed by atoms with Gasteiger partial charge in [0.05, 0.1) is 11.4 Å². The van der Waals surface area contributed by atoms with Crippen molar-refractivity contribution in [2.24, 2.45) is 0 Å². The van der Waals surface area contributed by atoms with Crippen LogP contribution in [0.2, 0.25) is 0 Å². The Labute approximate surface area is 177 Å². The van der Waals surface area contributed by atoms with E-state index in [1.54, 1.807) is 53.5 Å². The van der Waals surface area contributed by atoms with Crippen molar-refractivity contribution in [3.63, 3.8) is 0 Å². The molecule has 1 aliphatic rings. The number of hydrogen-bond donors (Lipinski definition) is 1. The largest absolute Gasteiger partial charge is 0.376 e.